The van der Waals surface area contributed by atoms with E-state index in [0.29, 0.717) is 21.9 Å². The third-order valence-corrected chi connectivity index (χ3v) is 7.46. The molecule has 2 heterocycles. The van der Waals surface area contributed by atoms with Crippen molar-refractivity contribution in [2.24, 2.45) is 0 Å². The Morgan fingerprint density at radius 3 is 2.49 bits per heavy atom. The summed E-state index contributed by atoms with van der Waals surface area (Å²) in [5.74, 6) is 0. The van der Waals surface area contributed by atoms with Crippen molar-refractivity contribution in [1.82, 2.24) is 15.5 Å². The maximum atomic E-state index is 12.8. The molecule has 0 bridgehead atoms. The molecule has 0 spiro atoms. The predicted molar refractivity (Wildman–Crippen MR) is 146 cm³/mol. The number of piperazine rings is 1. The second-order valence-corrected chi connectivity index (χ2v) is 9.74. The lowest BCUT2D eigenvalue weighted by molar-refractivity contribution is 0.588. The first-order valence-corrected chi connectivity index (χ1v) is 12.4. The molecular formula is C27H27Cl2N5O. The number of H-pyrrole nitrogens is 1. The minimum Gasteiger partial charge on any atom is -0.369 e. The van der Waals surface area contributed by atoms with Crippen LogP contribution >= 0.6 is 23.2 Å². The largest absolute Gasteiger partial charge is 0.369 e. The number of aromatic nitrogens is 2. The number of anilines is 3. The van der Waals surface area contributed by atoms with Crippen LogP contribution in [0.5, 0.6) is 0 Å². The van der Waals surface area contributed by atoms with Crippen LogP contribution in [-0.2, 0) is 6.42 Å². The lowest BCUT2D eigenvalue weighted by Crippen LogP contribution is -2.43. The Morgan fingerprint density at radius 2 is 1.74 bits per heavy atom. The summed E-state index contributed by atoms with van der Waals surface area (Å²) in [7, 11) is 0. The third-order valence-electron chi connectivity index (χ3n) is 6.75. The Bertz CT molecular complexity index is 1440. The van der Waals surface area contributed by atoms with Crippen molar-refractivity contribution < 1.29 is 0 Å². The van der Waals surface area contributed by atoms with Gasteiger partial charge in [-0.1, -0.05) is 29.3 Å². The van der Waals surface area contributed by atoms with E-state index >= 15 is 0 Å². The number of hydrogen-bond acceptors (Lipinski definition) is 5. The molecule has 6 nitrogen and oxygen atoms in total. The molecule has 0 radical (unpaired) electrons. The van der Waals surface area contributed by atoms with Gasteiger partial charge in [-0.25, -0.2) is 5.10 Å². The van der Waals surface area contributed by atoms with E-state index in [9.17, 15) is 4.79 Å². The molecule has 5 rings (SSSR count). The Labute approximate surface area is 214 Å². The number of aromatic amines is 1. The number of fused-ring (bicyclic) bond motifs is 1. The molecule has 1 saturated heterocycles. The maximum absolute atomic E-state index is 12.8. The minimum absolute atomic E-state index is 0.237. The fraction of sp³-hybridized carbons (Fsp3) is 0.259. The molecule has 1 aliphatic rings. The van der Waals surface area contributed by atoms with Gasteiger partial charge in [-0.15, -0.1) is 0 Å². The first-order chi connectivity index (χ1) is 16.9. The molecule has 3 aromatic carbocycles. The summed E-state index contributed by atoms with van der Waals surface area (Å²) >= 11 is 12.9. The second-order valence-electron chi connectivity index (χ2n) is 8.93. The topological polar surface area (TPSA) is 73.0 Å². The monoisotopic (exact) mass is 507 g/mol. The van der Waals surface area contributed by atoms with Gasteiger partial charge in [-0.05, 0) is 72.5 Å². The van der Waals surface area contributed by atoms with Crippen LogP contribution in [0.2, 0.25) is 10.0 Å². The first kappa shape index (κ1) is 23.7. The van der Waals surface area contributed by atoms with E-state index in [4.69, 9.17) is 23.2 Å². The molecule has 0 amide bonds. The Morgan fingerprint density at radius 1 is 1.00 bits per heavy atom. The van der Waals surface area contributed by atoms with Crippen LogP contribution in [-0.4, -0.2) is 36.4 Å². The molecule has 0 unspecified atom stereocenters. The Kier molecular flexibility index (Phi) is 6.69. The normalized spacial score (nSPS) is 13.9. The van der Waals surface area contributed by atoms with Gasteiger partial charge >= 0.3 is 0 Å². The van der Waals surface area contributed by atoms with Gasteiger partial charge in [-0.2, -0.15) is 5.10 Å². The van der Waals surface area contributed by atoms with Gasteiger partial charge in [0.2, 0.25) is 0 Å². The van der Waals surface area contributed by atoms with Crippen LogP contribution in [0.1, 0.15) is 22.3 Å². The number of hydrogen-bond donors (Lipinski definition) is 3. The standard InChI is InChI=1S/C27H27Cl2N5O/c1-16-17(2)25(34-10-8-30-9-11-34)7-6-23(16)32-24-14-18(12-19-15-31-33-27(35)26(19)24)13-20-21(28)4-3-5-22(20)29/h3-7,12,14-15,30,32H,8-11,13H2,1-2H3,(H,33,35). The number of rotatable bonds is 5. The third kappa shape index (κ3) is 4.74. The SMILES string of the molecule is Cc1c(Nc2cc(Cc3c(Cl)cccc3Cl)cc3cn[nH]c(=O)c23)ccc(N2CCNCC2)c1C. The summed E-state index contributed by atoms with van der Waals surface area (Å²) in [6.07, 6.45) is 2.21. The highest BCUT2D eigenvalue weighted by molar-refractivity contribution is 6.36. The summed E-state index contributed by atoms with van der Waals surface area (Å²) in [4.78, 5) is 15.2. The van der Waals surface area contributed by atoms with Crippen molar-refractivity contribution >= 4 is 51.0 Å². The van der Waals surface area contributed by atoms with Crippen molar-refractivity contribution in [3.8, 4) is 0 Å². The molecule has 0 atom stereocenters. The molecule has 8 heteroatoms. The summed E-state index contributed by atoms with van der Waals surface area (Å²) < 4.78 is 0. The van der Waals surface area contributed by atoms with Gasteiger partial charge in [0, 0.05) is 59.4 Å². The smallest absolute Gasteiger partial charge is 0.274 e. The molecule has 3 N–H and O–H groups in total. The summed E-state index contributed by atoms with van der Waals surface area (Å²) in [5.41, 5.74) is 6.92. The zero-order valence-corrected chi connectivity index (χ0v) is 21.2. The van der Waals surface area contributed by atoms with E-state index in [0.717, 1.165) is 59.6 Å². The van der Waals surface area contributed by atoms with E-state index in [1.54, 1.807) is 6.20 Å². The average Bonchev–Trinajstić information content (AvgIpc) is 2.85. The maximum Gasteiger partial charge on any atom is 0.274 e. The van der Waals surface area contributed by atoms with E-state index in [-0.39, 0.29) is 5.56 Å². The highest BCUT2D eigenvalue weighted by Gasteiger charge is 2.17. The molecule has 1 fully saturated rings. The van der Waals surface area contributed by atoms with Crippen LogP contribution in [0.15, 0.2) is 53.5 Å². The molecular weight excluding hydrogens is 481 g/mol. The fourth-order valence-corrected chi connectivity index (χ4v) is 5.27. The fourth-order valence-electron chi connectivity index (χ4n) is 4.74. The molecule has 4 aromatic rings. The van der Waals surface area contributed by atoms with Crippen LogP contribution in [0.3, 0.4) is 0 Å². The van der Waals surface area contributed by atoms with Crippen molar-refractivity contribution in [3.63, 3.8) is 0 Å². The highest BCUT2D eigenvalue weighted by atomic mass is 35.5. The van der Waals surface area contributed by atoms with Crippen molar-refractivity contribution in [3.05, 3.63) is 91.3 Å². The highest BCUT2D eigenvalue weighted by Crippen LogP contribution is 2.34. The first-order valence-electron chi connectivity index (χ1n) is 11.7. The summed E-state index contributed by atoms with van der Waals surface area (Å²) in [6, 6.07) is 13.7. The molecule has 0 aliphatic carbocycles. The van der Waals surface area contributed by atoms with E-state index in [1.807, 2.05) is 30.3 Å². The molecule has 180 valence electrons. The average molecular weight is 508 g/mol. The lowest BCUT2D eigenvalue weighted by atomic mass is 10.00. The summed E-state index contributed by atoms with van der Waals surface area (Å²) in [6.45, 7) is 8.24. The van der Waals surface area contributed by atoms with E-state index in [1.165, 1.54) is 11.3 Å². The van der Waals surface area contributed by atoms with E-state index in [2.05, 4.69) is 51.7 Å². The number of nitrogens with one attached hydrogen (secondary N) is 3. The van der Waals surface area contributed by atoms with Gasteiger partial charge < -0.3 is 15.5 Å². The van der Waals surface area contributed by atoms with Crippen molar-refractivity contribution in [1.29, 1.82) is 0 Å². The zero-order valence-electron chi connectivity index (χ0n) is 19.7. The molecule has 1 aliphatic heterocycles. The quantitative estimate of drug-likeness (QED) is 0.328. The summed E-state index contributed by atoms with van der Waals surface area (Å²) in [5, 5.41) is 16.1. The number of nitrogens with zero attached hydrogens (tertiary/aromatic N) is 2. The second kappa shape index (κ2) is 9.90. The number of benzene rings is 3. The van der Waals surface area contributed by atoms with Crippen molar-refractivity contribution in [2.45, 2.75) is 20.3 Å². The molecule has 0 saturated carbocycles. The van der Waals surface area contributed by atoms with Gasteiger partial charge in [-0.3, -0.25) is 4.79 Å². The van der Waals surface area contributed by atoms with Crippen LogP contribution in [0, 0.1) is 13.8 Å². The van der Waals surface area contributed by atoms with Crippen LogP contribution in [0.25, 0.3) is 10.8 Å². The number of halogens is 2. The van der Waals surface area contributed by atoms with Gasteiger partial charge in [0.15, 0.2) is 0 Å². The van der Waals surface area contributed by atoms with E-state index < -0.39 is 0 Å². The Hall–Kier alpha value is -3.06. The van der Waals surface area contributed by atoms with Crippen molar-refractivity contribution in [2.75, 3.05) is 36.4 Å². The van der Waals surface area contributed by atoms with Gasteiger partial charge in [0.05, 0.1) is 17.3 Å². The molecule has 35 heavy (non-hydrogen) atoms. The van der Waals surface area contributed by atoms with Crippen LogP contribution < -0.4 is 21.1 Å². The predicted octanol–water partition coefficient (Wildman–Crippen LogP) is 5.59. The van der Waals surface area contributed by atoms with Crippen LogP contribution in [0.4, 0.5) is 17.1 Å². The lowest BCUT2D eigenvalue weighted by Gasteiger charge is -2.31. The minimum atomic E-state index is -0.237. The Balaban J connectivity index is 1.56. The van der Waals surface area contributed by atoms with Gasteiger partial charge in [0.25, 0.3) is 5.56 Å². The molecule has 1 aromatic heterocycles. The zero-order chi connectivity index (χ0) is 24.5. The van der Waals surface area contributed by atoms with Gasteiger partial charge in [0.1, 0.15) is 0 Å².